The van der Waals surface area contributed by atoms with Gasteiger partial charge in [-0.2, -0.15) is 8.78 Å². The Hall–Kier alpha value is -1.85. The summed E-state index contributed by atoms with van der Waals surface area (Å²) in [4.78, 5) is 11.0. The van der Waals surface area contributed by atoms with Crippen LogP contribution in [0, 0.1) is 0 Å². The second kappa shape index (κ2) is 6.78. The molecule has 1 aromatic carbocycles. The Bertz CT molecular complexity index is 381. The van der Waals surface area contributed by atoms with Crippen LogP contribution < -0.4 is 10.1 Å². The van der Waals surface area contributed by atoms with E-state index in [9.17, 15) is 13.6 Å². The van der Waals surface area contributed by atoms with Crippen LogP contribution in [0.1, 0.15) is 13.3 Å². The summed E-state index contributed by atoms with van der Waals surface area (Å²) in [7, 11) is 1.32. The molecule has 0 aliphatic carbocycles. The topological polar surface area (TPSA) is 47.6 Å². The predicted octanol–water partition coefficient (Wildman–Crippen LogP) is 2.65. The Morgan fingerprint density at radius 2 is 1.94 bits per heavy atom. The third-order valence-electron chi connectivity index (χ3n) is 2.19. The zero-order valence-corrected chi connectivity index (χ0v) is 10.2. The van der Waals surface area contributed by atoms with Gasteiger partial charge in [-0.15, -0.1) is 0 Å². The number of nitrogens with one attached hydrogen (secondary N) is 1. The van der Waals surface area contributed by atoms with E-state index in [-0.39, 0.29) is 24.2 Å². The molecule has 0 saturated heterocycles. The lowest BCUT2D eigenvalue weighted by Gasteiger charge is -2.14. The third kappa shape index (κ3) is 4.99. The van der Waals surface area contributed by atoms with Gasteiger partial charge in [0.05, 0.1) is 13.5 Å². The van der Waals surface area contributed by atoms with Crippen LogP contribution in [0.5, 0.6) is 5.75 Å². The van der Waals surface area contributed by atoms with E-state index in [2.05, 4.69) is 14.8 Å². The van der Waals surface area contributed by atoms with Gasteiger partial charge in [-0.3, -0.25) is 4.79 Å². The fourth-order valence-corrected chi connectivity index (χ4v) is 1.40. The van der Waals surface area contributed by atoms with E-state index in [4.69, 9.17) is 0 Å². The van der Waals surface area contributed by atoms with E-state index < -0.39 is 6.61 Å². The van der Waals surface area contributed by atoms with Crippen molar-refractivity contribution < 1.29 is 23.0 Å². The molecular formula is C12H15F2NO3. The molecule has 0 spiro atoms. The molecule has 1 N–H and O–H groups in total. The van der Waals surface area contributed by atoms with Crippen molar-refractivity contribution in [2.75, 3.05) is 12.4 Å². The summed E-state index contributed by atoms with van der Waals surface area (Å²) in [5.74, 6) is -0.219. The zero-order chi connectivity index (χ0) is 13.5. The maximum absolute atomic E-state index is 11.9. The number of rotatable bonds is 6. The molecule has 0 radical (unpaired) electrons. The van der Waals surface area contributed by atoms with Crippen LogP contribution in [-0.2, 0) is 9.53 Å². The number of halogens is 2. The molecule has 0 heterocycles. The monoisotopic (exact) mass is 259 g/mol. The van der Waals surface area contributed by atoms with Gasteiger partial charge in [0.15, 0.2) is 0 Å². The van der Waals surface area contributed by atoms with Crippen LogP contribution in [0.25, 0.3) is 0 Å². The van der Waals surface area contributed by atoms with Gasteiger partial charge in [-0.1, -0.05) is 0 Å². The van der Waals surface area contributed by atoms with Gasteiger partial charge in [0.2, 0.25) is 0 Å². The molecule has 0 fully saturated rings. The van der Waals surface area contributed by atoms with Crippen molar-refractivity contribution in [3.8, 4) is 5.75 Å². The Labute approximate surface area is 104 Å². The number of benzene rings is 1. The van der Waals surface area contributed by atoms with Crippen molar-refractivity contribution in [1.29, 1.82) is 0 Å². The maximum atomic E-state index is 11.9. The smallest absolute Gasteiger partial charge is 0.387 e. The highest BCUT2D eigenvalue weighted by Crippen LogP contribution is 2.18. The molecule has 1 rings (SSSR count). The number of methoxy groups -OCH3 is 1. The minimum absolute atomic E-state index is 0.0937. The number of ether oxygens (including phenoxy) is 2. The molecule has 0 amide bonds. The van der Waals surface area contributed by atoms with Crippen LogP contribution in [-0.4, -0.2) is 25.7 Å². The van der Waals surface area contributed by atoms with E-state index in [1.807, 2.05) is 6.92 Å². The molecule has 1 aromatic rings. The third-order valence-corrected chi connectivity index (χ3v) is 2.19. The van der Waals surface area contributed by atoms with E-state index in [1.54, 1.807) is 12.1 Å². The second-order valence-corrected chi connectivity index (χ2v) is 3.73. The largest absolute Gasteiger partial charge is 0.469 e. The maximum Gasteiger partial charge on any atom is 0.387 e. The summed E-state index contributed by atoms with van der Waals surface area (Å²) in [6.45, 7) is -1.01. The number of carbonyl (C=O) groups is 1. The summed E-state index contributed by atoms with van der Waals surface area (Å²) in [5.41, 5.74) is 0.716. The SMILES string of the molecule is COC(=O)CC(C)Nc1ccc(OC(F)F)cc1. The molecule has 0 aliphatic rings. The van der Waals surface area contributed by atoms with Crippen molar-refractivity contribution in [3.05, 3.63) is 24.3 Å². The first-order chi connectivity index (χ1) is 8.51. The molecule has 0 aromatic heterocycles. The van der Waals surface area contributed by atoms with E-state index in [0.29, 0.717) is 5.69 Å². The first-order valence-electron chi connectivity index (χ1n) is 5.39. The number of esters is 1. The van der Waals surface area contributed by atoms with Crippen molar-refractivity contribution in [2.24, 2.45) is 0 Å². The van der Waals surface area contributed by atoms with Crippen molar-refractivity contribution in [2.45, 2.75) is 26.0 Å². The van der Waals surface area contributed by atoms with Gasteiger partial charge in [-0.25, -0.2) is 0 Å². The molecule has 0 bridgehead atoms. The average molecular weight is 259 g/mol. The molecule has 4 nitrogen and oxygen atoms in total. The second-order valence-electron chi connectivity index (χ2n) is 3.73. The van der Waals surface area contributed by atoms with Crippen molar-refractivity contribution >= 4 is 11.7 Å². The van der Waals surface area contributed by atoms with Crippen LogP contribution in [0.2, 0.25) is 0 Å². The molecule has 1 unspecified atom stereocenters. The standard InChI is InChI=1S/C12H15F2NO3/c1-8(7-11(16)17-2)15-9-3-5-10(6-4-9)18-12(13)14/h3-6,8,12,15H,7H2,1-2H3. The quantitative estimate of drug-likeness (QED) is 0.798. The lowest BCUT2D eigenvalue weighted by Crippen LogP contribution is -2.20. The summed E-state index contributed by atoms with van der Waals surface area (Å²) < 4.78 is 32.6. The molecule has 0 saturated carbocycles. The lowest BCUT2D eigenvalue weighted by atomic mass is 10.2. The average Bonchev–Trinajstić information content (AvgIpc) is 2.30. The number of hydrogen-bond donors (Lipinski definition) is 1. The molecule has 100 valence electrons. The van der Waals surface area contributed by atoms with Crippen LogP contribution in [0.3, 0.4) is 0 Å². The summed E-state index contributed by atoms with van der Waals surface area (Å²) in [5, 5.41) is 3.04. The van der Waals surface area contributed by atoms with Crippen LogP contribution in [0.4, 0.5) is 14.5 Å². The molecule has 18 heavy (non-hydrogen) atoms. The highest BCUT2D eigenvalue weighted by atomic mass is 19.3. The summed E-state index contributed by atoms with van der Waals surface area (Å²) in [6, 6.07) is 5.95. The Morgan fingerprint density at radius 3 is 2.44 bits per heavy atom. The number of alkyl halides is 2. The minimum Gasteiger partial charge on any atom is -0.469 e. The van der Waals surface area contributed by atoms with Gasteiger partial charge in [0, 0.05) is 11.7 Å². The normalized spacial score (nSPS) is 12.1. The summed E-state index contributed by atoms with van der Waals surface area (Å²) in [6.07, 6.45) is 0.228. The Morgan fingerprint density at radius 1 is 1.33 bits per heavy atom. The first kappa shape index (κ1) is 14.2. The Kier molecular flexibility index (Phi) is 5.35. The van der Waals surface area contributed by atoms with Gasteiger partial charge in [-0.05, 0) is 31.2 Å². The van der Waals surface area contributed by atoms with E-state index in [1.165, 1.54) is 19.2 Å². The van der Waals surface area contributed by atoms with Gasteiger partial charge in [0.1, 0.15) is 5.75 Å². The van der Waals surface area contributed by atoms with E-state index in [0.717, 1.165) is 0 Å². The first-order valence-corrected chi connectivity index (χ1v) is 5.39. The van der Waals surface area contributed by atoms with Crippen LogP contribution in [0.15, 0.2) is 24.3 Å². The van der Waals surface area contributed by atoms with Crippen molar-refractivity contribution in [3.63, 3.8) is 0 Å². The Balaban J connectivity index is 2.50. The van der Waals surface area contributed by atoms with E-state index >= 15 is 0 Å². The lowest BCUT2D eigenvalue weighted by molar-refractivity contribution is -0.140. The van der Waals surface area contributed by atoms with Crippen LogP contribution >= 0.6 is 0 Å². The molecule has 0 aliphatic heterocycles. The molecule has 1 atom stereocenters. The molecule has 6 heteroatoms. The fourth-order valence-electron chi connectivity index (χ4n) is 1.40. The zero-order valence-electron chi connectivity index (χ0n) is 10.2. The predicted molar refractivity (Wildman–Crippen MR) is 62.8 cm³/mol. The highest BCUT2D eigenvalue weighted by molar-refractivity contribution is 5.70. The highest BCUT2D eigenvalue weighted by Gasteiger charge is 2.09. The van der Waals surface area contributed by atoms with Gasteiger partial charge < -0.3 is 14.8 Å². The summed E-state index contributed by atoms with van der Waals surface area (Å²) >= 11 is 0. The van der Waals surface area contributed by atoms with Crippen molar-refractivity contribution in [1.82, 2.24) is 0 Å². The number of hydrogen-bond acceptors (Lipinski definition) is 4. The fraction of sp³-hybridized carbons (Fsp3) is 0.417. The minimum atomic E-state index is -2.83. The number of anilines is 1. The number of carbonyl (C=O) groups excluding carboxylic acids is 1. The van der Waals surface area contributed by atoms with Gasteiger partial charge >= 0.3 is 12.6 Å². The van der Waals surface area contributed by atoms with Gasteiger partial charge in [0.25, 0.3) is 0 Å². The molecular weight excluding hydrogens is 244 g/mol.